The van der Waals surface area contributed by atoms with Crippen molar-refractivity contribution in [2.24, 2.45) is 0 Å². The monoisotopic (exact) mass is 316 g/mol. The maximum atomic E-state index is 8.58. The minimum absolute atomic E-state index is 0. The van der Waals surface area contributed by atoms with Crippen molar-refractivity contribution in [3.63, 3.8) is 0 Å². The van der Waals surface area contributed by atoms with E-state index >= 15 is 0 Å². The van der Waals surface area contributed by atoms with Crippen LogP contribution in [0.25, 0.3) is 0 Å². The Morgan fingerprint density at radius 3 is 0.800 bits per heavy atom. The quantitative estimate of drug-likeness (QED) is 0.325. The van der Waals surface area contributed by atoms with Crippen molar-refractivity contribution in [3.8, 4) is 0 Å². The summed E-state index contributed by atoms with van der Waals surface area (Å²) in [5.74, 6) is 0. The van der Waals surface area contributed by atoms with E-state index in [1.165, 1.54) is 0 Å². The first-order valence-electron chi connectivity index (χ1n) is 1.22. The van der Waals surface area contributed by atoms with Crippen molar-refractivity contribution in [1.29, 1.82) is 0 Å². The van der Waals surface area contributed by atoms with E-state index in [1.807, 2.05) is 0 Å². The molecule has 0 aliphatic heterocycles. The molecule has 0 radical (unpaired) electrons. The molecule has 10 heteroatoms. The molecule has 0 saturated carbocycles. The molecule has 0 N–H and O–H groups in total. The van der Waals surface area contributed by atoms with Crippen molar-refractivity contribution in [2.45, 2.75) is 0 Å². The SMILES string of the molecule is P.[O]=[Ti]([O-])[O-].[O]=[Ti]([O-])[O-].[Zr+4]. The Morgan fingerprint density at radius 2 is 0.800 bits per heavy atom. The van der Waals surface area contributed by atoms with Crippen molar-refractivity contribution < 1.29 is 84.8 Å². The van der Waals surface area contributed by atoms with Gasteiger partial charge in [-0.15, -0.1) is 0 Å². The Hall–Kier alpha value is 2.18. The zero-order valence-corrected chi connectivity index (χ0v) is 11.7. The number of rotatable bonds is 0. The van der Waals surface area contributed by atoms with E-state index < -0.39 is 37.2 Å². The van der Waals surface area contributed by atoms with Crippen LogP contribution in [0.1, 0.15) is 0 Å². The Kier molecular flexibility index (Phi) is 39.4. The van der Waals surface area contributed by atoms with Crippen LogP contribution in [-0.4, -0.2) is 0 Å². The molecule has 0 fully saturated rings. The second-order valence-electron chi connectivity index (χ2n) is 0.500. The minimum Gasteiger partial charge on any atom is 4.00 e. The van der Waals surface area contributed by atoms with Crippen molar-refractivity contribution in [2.75, 3.05) is 0 Å². The molecule has 0 aromatic rings. The normalized spacial score (nSPS) is 5.20. The second kappa shape index (κ2) is 17.3. The third-order valence-electron chi connectivity index (χ3n) is 0. The van der Waals surface area contributed by atoms with Crippen LogP contribution in [0, 0.1) is 0 Å². The first-order chi connectivity index (χ1) is 3.46. The van der Waals surface area contributed by atoms with Crippen LogP contribution >= 0.6 is 9.90 Å². The minimum atomic E-state index is -4.08. The first-order valence-corrected chi connectivity index (χ1v) is 5.05. The zero-order valence-electron chi connectivity index (χ0n) is 4.66. The molecule has 0 aliphatic carbocycles. The van der Waals surface area contributed by atoms with Gasteiger partial charge in [0.1, 0.15) is 0 Å². The van der Waals surface area contributed by atoms with Gasteiger partial charge < -0.3 is 0 Å². The summed E-state index contributed by atoms with van der Waals surface area (Å²) in [7, 11) is 0. The fraction of sp³-hybridized carbons (Fsp3) is 0. The van der Waals surface area contributed by atoms with Gasteiger partial charge in [-0.2, -0.15) is 9.90 Å². The summed E-state index contributed by atoms with van der Waals surface area (Å²) in [5.41, 5.74) is 0. The van der Waals surface area contributed by atoms with Crippen molar-refractivity contribution >= 4 is 9.90 Å². The Morgan fingerprint density at radius 1 is 0.800 bits per heavy atom. The van der Waals surface area contributed by atoms with E-state index in [0.29, 0.717) is 0 Å². The maximum absolute atomic E-state index is 8.58. The molecule has 0 spiro atoms. The summed E-state index contributed by atoms with van der Waals surface area (Å²) in [5, 5.41) is 0. The van der Waals surface area contributed by atoms with Gasteiger partial charge in [0, 0.05) is 0 Å². The second-order valence-corrected chi connectivity index (χ2v) is 2.06. The van der Waals surface area contributed by atoms with E-state index in [4.69, 9.17) is 21.4 Å². The molecular weight excluding hydrogens is 314 g/mol. The van der Waals surface area contributed by atoms with Crippen molar-refractivity contribution in [3.05, 3.63) is 0 Å². The zero-order chi connectivity index (χ0) is 7.15. The van der Waals surface area contributed by atoms with Crippen LogP contribution in [0.5, 0.6) is 0 Å². The van der Waals surface area contributed by atoms with Gasteiger partial charge in [0.2, 0.25) is 0 Å². The summed E-state index contributed by atoms with van der Waals surface area (Å²) in [6.07, 6.45) is 0. The average Bonchev–Trinajstić information content (AvgIpc) is 1.25. The third kappa shape index (κ3) is 180. The molecule has 0 amide bonds. The van der Waals surface area contributed by atoms with Gasteiger partial charge in [0.15, 0.2) is 0 Å². The summed E-state index contributed by atoms with van der Waals surface area (Å²) in [6, 6.07) is 0. The fourth-order valence-electron chi connectivity index (χ4n) is 0. The van der Waals surface area contributed by atoms with E-state index in [2.05, 4.69) is 0 Å². The van der Waals surface area contributed by atoms with Crippen molar-refractivity contribution in [1.82, 2.24) is 0 Å². The Bertz CT molecular complexity index is 73.7. The van der Waals surface area contributed by atoms with Gasteiger partial charge in [-0.3, -0.25) is 0 Å². The molecule has 1 unspecified atom stereocenters. The molecule has 0 bridgehead atoms. The third-order valence-corrected chi connectivity index (χ3v) is 0. The molecule has 56 valence electrons. The predicted octanol–water partition coefficient (Wildman–Crippen LogP) is -4.94. The van der Waals surface area contributed by atoms with E-state index in [1.54, 1.807) is 0 Å². The molecule has 0 aromatic carbocycles. The summed E-state index contributed by atoms with van der Waals surface area (Å²) in [6.45, 7) is 0. The summed E-state index contributed by atoms with van der Waals surface area (Å²) in [4.78, 5) is 0. The van der Waals surface area contributed by atoms with E-state index in [-0.39, 0.29) is 36.1 Å². The molecule has 0 aromatic heterocycles. The molecule has 1 atom stereocenters. The fourth-order valence-corrected chi connectivity index (χ4v) is 0. The average molecular weight is 317 g/mol. The first kappa shape index (κ1) is 22.8. The number of hydrogen-bond donors (Lipinski definition) is 0. The van der Waals surface area contributed by atoms with Crippen LogP contribution in [0.15, 0.2) is 0 Å². The van der Waals surface area contributed by atoms with Gasteiger partial charge in [-0.1, -0.05) is 0 Å². The number of hydrogen-bond acceptors (Lipinski definition) is 6. The molecule has 10 heavy (non-hydrogen) atoms. The topological polar surface area (TPSA) is 126 Å². The standard InChI is InChI=1S/6O.H3P.2Ti.Zr/h;;;;;;1H3;;;/q;;4*-1;;;;+4. The van der Waals surface area contributed by atoms with Gasteiger partial charge in [-0.25, -0.2) is 0 Å². The molecule has 0 rings (SSSR count). The molecule has 0 heterocycles. The molecule has 0 aliphatic rings. The van der Waals surface area contributed by atoms with Gasteiger partial charge in [0.25, 0.3) is 0 Å². The van der Waals surface area contributed by atoms with Crippen LogP contribution in [-0.2, 0) is 70.1 Å². The van der Waals surface area contributed by atoms with E-state index in [0.717, 1.165) is 0 Å². The van der Waals surface area contributed by atoms with Crippen LogP contribution in [0.3, 0.4) is 0 Å². The summed E-state index contributed by atoms with van der Waals surface area (Å²) >= 11 is -8.17. The van der Waals surface area contributed by atoms with Gasteiger partial charge >= 0.3 is 84.8 Å². The smallest absolute Gasteiger partial charge is 4.00 e. The van der Waals surface area contributed by atoms with Gasteiger partial charge in [-0.05, 0) is 0 Å². The Balaban J connectivity index is -0.0000000300. The van der Waals surface area contributed by atoms with E-state index in [9.17, 15) is 0 Å². The van der Waals surface area contributed by atoms with Crippen LogP contribution < -0.4 is 14.8 Å². The van der Waals surface area contributed by atoms with Gasteiger partial charge in [0.05, 0.1) is 0 Å². The Labute approximate surface area is 93.6 Å². The maximum Gasteiger partial charge on any atom is 4.00 e. The molecule has 0 saturated heterocycles. The van der Waals surface area contributed by atoms with Crippen LogP contribution in [0.4, 0.5) is 0 Å². The predicted molar refractivity (Wildman–Crippen MR) is 12.5 cm³/mol. The van der Waals surface area contributed by atoms with Crippen LogP contribution in [0.2, 0.25) is 0 Å². The molecular formula is H3O6PTi2Zr. The summed E-state index contributed by atoms with van der Waals surface area (Å²) < 4.78 is 51.5. The molecule has 6 nitrogen and oxygen atoms in total. The largest absolute Gasteiger partial charge is 4.00 e.